The Labute approximate surface area is 142 Å². The van der Waals surface area contributed by atoms with Crippen LogP contribution in [0, 0.1) is 12.8 Å². The Morgan fingerprint density at radius 2 is 1.83 bits per heavy atom. The molecule has 1 saturated carbocycles. The number of Topliss-reactive ketones (excluding diaryl/α,β-unsaturated/α-hetero) is 1. The van der Waals surface area contributed by atoms with Crippen LogP contribution in [0.2, 0.25) is 10.0 Å². The van der Waals surface area contributed by atoms with Crippen molar-refractivity contribution in [3.05, 3.63) is 51.0 Å². The van der Waals surface area contributed by atoms with Crippen molar-refractivity contribution in [1.82, 2.24) is 0 Å². The molecule has 120 valence electrons. The van der Waals surface area contributed by atoms with Crippen molar-refractivity contribution in [2.75, 3.05) is 0 Å². The molecule has 0 aromatic heterocycles. The van der Waals surface area contributed by atoms with Crippen LogP contribution in [0.4, 0.5) is 0 Å². The molecule has 0 bridgehead atoms. The van der Waals surface area contributed by atoms with Gasteiger partial charge in [0, 0.05) is 17.0 Å². The summed E-state index contributed by atoms with van der Waals surface area (Å²) in [5.41, 5.74) is 1.78. The summed E-state index contributed by atoms with van der Waals surface area (Å²) >= 11 is 11.7. The van der Waals surface area contributed by atoms with Crippen LogP contribution in [-0.2, 0) is 0 Å². The van der Waals surface area contributed by atoms with Crippen LogP contribution in [-0.4, -0.2) is 21.1 Å². The number of phenols is 3. The van der Waals surface area contributed by atoms with Crippen molar-refractivity contribution >= 4 is 29.0 Å². The van der Waals surface area contributed by atoms with Gasteiger partial charge in [-0.15, -0.1) is 0 Å². The van der Waals surface area contributed by atoms with E-state index < -0.39 is 17.2 Å². The largest absolute Gasteiger partial charge is 0.507 e. The molecule has 3 N–H and O–H groups in total. The molecule has 2 unspecified atom stereocenters. The third-order valence-electron chi connectivity index (χ3n) is 4.20. The third-order valence-corrected chi connectivity index (χ3v) is 4.81. The molecule has 2 aromatic rings. The highest BCUT2D eigenvalue weighted by Gasteiger charge is 2.46. The average Bonchev–Trinajstić information content (AvgIpc) is 3.25. The van der Waals surface area contributed by atoms with Crippen molar-refractivity contribution in [3.63, 3.8) is 0 Å². The Bertz CT molecular complexity index is 817. The van der Waals surface area contributed by atoms with E-state index in [1.54, 1.807) is 6.07 Å². The summed E-state index contributed by atoms with van der Waals surface area (Å²) in [7, 11) is 0. The summed E-state index contributed by atoms with van der Waals surface area (Å²) in [6.45, 7) is 1.92. The number of phenolic OH excluding ortho intramolecular Hbond substituents is 3. The minimum Gasteiger partial charge on any atom is -0.507 e. The van der Waals surface area contributed by atoms with Gasteiger partial charge in [0.05, 0.1) is 0 Å². The summed E-state index contributed by atoms with van der Waals surface area (Å²) in [5.74, 6) is -2.25. The summed E-state index contributed by atoms with van der Waals surface area (Å²) in [6.07, 6.45) is 0.624. The molecule has 1 aliphatic rings. The molecule has 0 amide bonds. The predicted octanol–water partition coefficient (Wildman–Crippen LogP) is 4.41. The molecule has 4 nitrogen and oxygen atoms in total. The van der Waals surface area contributed by atoms with E-state index in [0.29, 0.717) is 11.4 Å². The average molecular weight is 353 g/mol. The Balaban J connectivity index is 1.91. The maximum atomic E-state index is 12.6. The molecule has 23 heavy (non-hydrogen) atoms. The van der Waals surface area contributed by atoms with Gasteiger partial charge in [0.25, 0.3) is 0 Å². The van der Waals surface area contributed by atoms with Gasteiger partial charge in [0.2, 0.25) is 0 Å². The van der Waals surface area contributed by atoms with Gasteiger partial charge in [-0.25, -0.2) is 0 Å². The standard InChI is InChI=1S/C17H14Cl2O4/c1-7-4-8(18)2-3-9(7)10-5-11(10)16(22)14-12(20)6-13(21)15(19)17(14)23/h2-4,6,10-11,20-21,23H,5H2,1H3. The number of halogens is 2. The van der Waals surface area contributed by atoms with Gasteiger partial charge >= 0.3 is 0 Å². The van der Waals surface area contributed by atoms with Crippen molar-refractivity contribution in [1.29, 1.82) is 0 Å². The van der Waals surface area contributed by atoms with Gasteiger partial charge < -0.3 is 15.3 Å². The molecular formula is C17H14Cl2O4. The highest BCUT2D eigenvalue weighted by atomic mass is 35.5. The molecule has 0 spiro atoms. The number of benzene rings is 2. The van der Waals surface area contributed by atoms with Gasteiger partial charge in [0.1, 0.15) is 22.1 Å². The maximum Gasteiger partial charge on any atom is 0.174 e. The summed E-state index contributed by atoms with van der Waals surface area (Å²) in [6, 6.07) is 6.46. The minimum absolute atomic E-state index is 0.0196. The second kappa shape index (κ2) is 5.62. The molecule has 0 heterocycles. The first kappa shape index (κ1) is 16.0. The first-order chi connectivity index (χ1) is 10.8. The number of ketones is 1. The molecule has 2 aromatic carbocycles. The minimum atomic E-state index is -0.590. The van der Waals surface area contributed by atoms with Crippen molar-refractivity contribution < 1.29 is 20.1 Å². The van der Waals surface area contributed by atoms with Crippen molar-refractivity contribution in [3.8, 4) is 17.2 Å². The number of hydrogen-bond acceptors (Lipinski definition) is 4. The molecular weight excluding hydrogens is 339 g/mol. The first-order valence-electron chi connectivity index (χ1n) is 7.05. The molecule has 0 radical (unpaired) electrons. The zero-order valence-corrected chi connectivity index (χ0v) is 13.7. The molecule has 1 fully saturated rings. The molecule has 0 saturated heterocycles. The SMILES string of the molecule is Cc1cc(Cl)ccc1C1CC1C(=O)c1c(O)cc(O)c(Cl)c1O. The lowest BCUT2D eigenvalue weighted by Gasteiger charge is -2.10. The monoisotopic (exact) mass is 352 g/mol. The van der Waals surface area contributed by atoms with Gasteiger partial charge in [-0.05, 0) is 42.5 Å². The van der Waals surface area contributed by atoms with E-state index in [-0.39, 0.29) is 28.2 Å². The van der Waals surface area contributed by atoms with Crippen molar-refractivity contribution in [2.24, 2.45) is 5.92 Å². The van der Waals surface area contributed by atoms with Crippen LogP contribution in [0.25, 0.3) is 0 Å². The number of aryl methyl sites for hydroxylation is 1. The predicted molar refractivity (Wildman–Crippen MR) is 87.8 cm³/mol. The summed E-state index contributed by atoms with van der Waals surface area (Å²) < 4.78 is 0. The molecule has 2 atom stereocenters. The zero-order chi connectivity index (χ0) is 16.9. The van der Waals surface area contributed by atoms with Gasteiger partial charge in [0.15, 0.2) is 11.5 Å². The topological polar surface area (TPSA) is 77.8 Å². The highest BCUT2D eigenvalue weighted by molar-refractivity contribution is 6.34. The van der Waals surface area contributed by atoms with E-state index >= 15 is 0 Å². The van der Waals surface area contributed by atoms with E-state index in [9.17, 15) is 20.1 Å². The normalized spacial score (nSPS) is 19.6. The lowest BCUT2D eigenvalue weighted by Crippen LogP contribution is -2.05. The number of hydrogen-bond donors (Lipinski definition) is 3. The summed E-state index contributed by atoms with van der Waals surface area (Å²) in [4.78, 5) is 12.6. The Morgan fingerprint density at radius 1 is 1.13 bits per heavy atom. The van der Waals surface area contributed by atoms with Crippen molar-refractivity contribution in [2.45, 2.75) is 19.3 Å². The number of carbonyl (C=O) groups excluding carboxylic acids is 1. The van der Waals surface area contributed by atoms with Crippen LogP contribution in [0.15, 0.2) is 24.3 Å². The van der Waals surface area contributed by atoms with Crippen LogP contribution in [0.5, 0.6) is 17.2 Å². The fourth-order valence-corrected chi connectivity index (χ4v) is 3.31. The molecule has 3 rings (SSSR count). The van der Waals surface area contributed by atoms with E-state index in [2.05, 4.69) is 0 Å². The van der Waals surface area contributed by atoms with Gasteiger partial charge in [-0.1, -0.05) is 29.3 Å². The zero-order valence-electron chi connectivity index (χ0n) is 12.2. The highest BCUT2D eigenvalue weighted by Crippen LogP contribution is 2.53. The second-order valence-electron chi connectivity index (χ2n) is 5.77. The molecule has 1 aliphatic carbocycles. The lowest BCUT2D eigenvalue weighted by atomic mass is 9.98. The molecule has 6 heteroatoms. The van der Waals surface area contributed by atoms with E-state index in [1.165, 1.54) is 0 Å². The van der Waals surface area contributed by atoms with Gasteiger partial charge in [-0.2, -0.15) is 0 Å². The Kier molecular flexibility index (Phi) is 3.90. The smallest absolute Gasteiger partial charge is 0.174 e. The van der Waals surface area contributed by atoms with E-state index in [4.69, 9.17) is 23.2 Å². The van der Waals surface area contributed by atoms with Crippen LogP contribution < -0.4 is 0 Å². The fourth-order valence-electron chi connectivity index (χ4n) is 2.93. The van der Waals surface area contributed by atoms with Crippen LogP contribution in [0.1, 0.15) is 33.8 Å². The first-order valence-corrected chi connectivity index (χ1v) is 7.80. The lowest BCUT2D eigenvalue weighted by molar-refractivity contribution is 0.0960. The van der Waals surface area contributed by atoms with Gasteiger partial charge in [-0.3, -0.25) is 4.79 Å². The summed E-state index contributed by atoms with van der Waals surface area (Å²) in [5, 5.41) is 29.6. The fraction of sp³-hybridized carbons (Fsp3) is 0.235. The third kappa shape index (κ3) is 2.73. The number of aromatic hydroxyl groups is 3. The van der Waals surface area contributed by atoms with E-state index in [0.717, 1.165) is 17.2 Å². The Hall–Kier alpha value is -1.91. The van der Waals surface area contributed by atoms with E-state index in [1.807, 2.05) is 19.1 Å². The molecule has 0 aliphatic heterocycles. The number of rotatable bonds is 3. The maximum absolute atomic E-state index is 12.6. The number of carbonyl (C=O) groups is 1. The van der Waals surface area contributed by atoms with Crippen LogP contribution >= 0.6 is 23.2 Å². The van der Waals surface area contributed by atoms with Crippen LogP contribution in [0.3, 0.4) is 0 Å². The second-order valence-corrected chi connectivity index (χ2v) is 6.58. The Morgan fingerprint density at radius 3 is 2.48 bits per heavy atom. The quantitative estimate of drug-likeness (QED) is 0.715.